The number of hydrogen-bond donors (Lipinski definition) is 0. The Morgan fingerprint density at radius 3 is 2.19 bits per heavy atom. The highest BCUT2D eigenvalue weighted by molar-refractivity contribution is 5.87. The maximum Gasteiger partial charge on any atom is 0.242 e. The van der Waals surface area contributed by atoms with Gasteiger partial charge in [0.15, 0.2) is 0 Å². The van der Waals surface area contributed by atoms with Gasteiger partial charge in [-0.05, 0) is 20.8 Å². The summed E-state index contributed by atoms with van der Waals surface area (Å²) in [4.78, 5) is 27.2. The van der Waals surface area contributed by atoms with Crippen LogP contribution in [0.1, 0.15) is 34.6 Å². The van der Waals surface area contributed by atoms with Crippen LogP contribution in [-0.4, -0.2) is 46.8 Å². The maximum atomic E-state index is 11.9. The zero-order chi connectivity index (χ0) is 12.5. The first-order chi connectivity index (χ1) is 7.23. The number of carbonyl (C=O) groups is 2. The summed E-state index contributed by atoms with van der Waals surface area (Å²) in [5.41, 5.74) is -0.149. The lowest BCUT2D eigenvalue weighted by atomic mass is 10.0. The van der Waals surface area contributed by atoms with Crippen LogP contribution in [0.5, 0.6) is 0 Å². The van der Waals surface area contributed by atoms with Gasteiger partial charge in [-0.3, -0.25) is 9.59 Å². The highest BCUT2D eigenvalue weighted by Gasteiger charge is 2.33. The van der Waals surface area contributed by atoms with Gasteiger partial charge in [0.1, 0.15) is 0 Å². The van der Waals surface area contributed by atoms with Gasteiger partial charge in [0.2, 0.25) is 11.8 Å². The molecule has 2 amide bonds. The summed E-state index contributed by atoms with van der Waals surface area (Å²) in [5, 5.41) is 0. The van der Waals surface area contributed by atoms with E-state index in [2.05, 4.69) is 0 Å². The molecule has 0 N–H and O–H groups in total. The zero-order valence-electron chi connectivity index (χ0n) is 10.9. The molecule has 0 saturated carbocycles. The molecule has 1 aliphatic rings. The molecule has 0 aliphatic carbocycles. The summed E-state index contributed by atoms with van der Waals surface area (Å²) in [6.45, 7) is 11.3. The van der Waals surface area contributed by atoms with Gasteiger partial charge in [-0.1, -0.05) is 13.8 Å². The van der Waals surface area contributed by atoms with E-state index < -0.39 is 0 Å². The number of nitrogens with zero attached hydrogens (tertiary/aromatic N) is 2. The number of amides is 2. The third-order valence-electron chi connectivity index (χ3n) is 2.84. The van der Waals surface area contributed by atoms with E-state index >= 15 is 0 Å². The van der Waals surface area contributed by atoms with Crippen LogP contribution in [-0.2, 0) is 9.59 Å². The summed E-state index contributed by atoms with van der Waals surface area (Å²) in [6, 6.07) is 0. The molecule has 0 radical (unpaired) electrons. The van der Waals surface area contributed by atoms with Crippen molar-refractivity contribution < 1.29 is 9.59 Å². The van der Waals surface area contributed by atoms with Crippen molar-refractivity contribution in [3.8, 4) is 0 Å². The lowest BCUT2D eigenvalue weighted by Crippen LogP contribution is -2.58. The third-order valence-corrected chi connectivity index (χ3v) is 2.84. The van der Waals surface area contributed by atoms with E-state index in [4.69, 9.17) is 0 Å². The largest absolute Gasteiger partial charge is 0.335 e. The molecule has 1 heterocycles. The van der Waals surface area contributed by atoms with Gasteiger partial charge in [0.05, 0.1) is 6.54 Å². The summed E-state index contributed by atoms with van der Waals surface area (Å²) in [6.07, 6.45) is 0. The Morgan fingerprint density at radius 2 is 1.81 bits per heavy atom. The molecule has 1 rings (SSSR count). The predicted octanol–water partition coefficient (Wildman–Crippen LogP) is 1.11. The van der Waals surface area contributed by atoms with Crippen molar-refractivity contribution >= 4 is 11.8 Å². The molecule has 1 aliphatic heterocycles. The van der Waals surface area contributed by atoms with Gasteiger partial charge in [0, 0.05) is 24.5 Å². The van der Waals surface area contributed by atoms with Crippen molar-refractivity contribution in [2.45, 2.75) is 40.2 Å². The van der Waals surface area contributed by atoms with Crippen molar-refractivity contribution in [2.24, 2.45) is 5.92 Å². The van der Waals surface area contributed by atoms with Crippen molar-refractivity contribution in [3.63, 3.8) is 0 Å². The first-order valence-corrected chi connectivity index (χ1v) is 5.82. The van der Waals surface area contributed by atoms with Gasteiger partial charge < -0.3 is 9.80 Å². The number of hydrogen-bond acceptors (Lipinski definition) is 2. The van der Waals surface area contributed by atoms with Crippen LogP contribution in [0.2, 0.25) is 0 Å². The quantitative estimate of drug-likeness (QED) is 0.672. The molecule has 0 aromatic rings. The van der Waals surface area contributed by atoms with Crippen LogP contribution in [0.3, 0.4) is 0 Å². The number of rotatable bonds is 1. The first-order valence-electron chi connectivity index (χ1n) is 5.82. The minimum absolute atomic E-state index is 0.0333. The monoisotopic (exact) mass is 226 g/mol. The van der Waals surface area contributed by atoms with Crippen molar-refractivity contribution in [1.29, 1.82) is 0 Å². The third kappa shape index (κ3) is 2.74. The molecule has 1 saturated heterocycles. The Hall–Kier alpha value is -1.06. The molecule has 1 fully saturated rings. The fourth-order valence-corrected chi connectivity index (χ4v) is 1.94. The highest BCUT2D eigenvalue weighted by atomic mass is 16.2. The van der Waals surface area contributed by atoms with E-state index in [1.807, 2.05) is 39.5 Å². The fourth-order valence-electron chi connectivity index (χ4n) is 1.94. The van der Waals surface area contributed by atoms with Crippen LogP contribution in [0.15, 0.2) is 0 Å². The molecule has 0 spiro atoms. The fraction of sp³-hybridized carbons (Fsp3) is 0.833. The van der Waals surface area contributed by atoms with Gasteiger partial charge >= 0.3 is 0 Å². The van der Waals surface area contributed by atoms with E-state index in [-0.39, 0.29) is 29.8 Å². The Kier molecular flexibility index (Phi) is 3.61. The Balaban J connectivity index is 2.66. The first kappa shape index (κ1) is 13.0. The normalized spacial score (nSPS) is 18.2. The van der Waals surface area contributed by atoms with E-state index in [0.717, 1.165) is 0 Å². The smallest absolute Gasteiger partial charge is 0.242 e. The van der Waals surface area contributed by atoms with Crippen LogP contribution in [0.4, 0.5) is 0 Å². The molecule has 0 atom stereocenters. The molecule has 92 valence electrons. The second-order valence-electron chi connectivity index (χ2n) is 5.63. The standard InChI is InChI=1S/C12H22N2O2/c1-9(2)11(16)13-6-7-14(10(15)8-13)12(3,4)5/h9H,6-8H2,1-5H3. The van der Waals surface area contributed by atoms with E-state index in [0.29, 0.717) is 13.1 Å². The number of carbonyl (C=O) groups excluding carboxylic acids is 2. The molecule has 16 heavy (non-hydrogen) atoms. The molecule has 0 bridgehead atoms. The molecule has 0 unspecified atom stereocenters. The minimum Gasteiger partial charge on any atom is -0.335 e. The van der Waals surface area contributed by atoms with E-state index in [1.165, 1.54) is 0 Å². The van der Waals surface area contributed by atoms with Crippen molar-refractivity contribution in [1.82, 2.24) is 9.80 Å². The van der Waals surface area contributed by atoms with Crippen LogP contribution >= 0.6 is 0 Å². The predicted molar refractivity (Wildman–Crippen MR) is 62.9 cm³/mol. The SMILES string of the molecule is CC(C)C(=O)N1CCN(C(C)(C)C)C(=O)C1. The van der Waals surface area contributed by atoms with Gasteiger partial charge in [-0.15, -0.1) is 0 Å². The summed E-state index contributed by atoms with van der Waals surface area (Å²) < 4.78 is 0. The Labute approximate surface area is 97.6 Å². The van der Waals surface area contributed by atoms with Gasteiger partial charge in [-0.25, -0.2) is 0 Å². The highest BCUT2D eigenvalue weighted by Crippen LogP contribution is 2.17. The molecule has 4 nitrogen and oxygen atoms in total. The summed E-state index contributed by atoms with van der Waals surface area (Å²) in [7, 11) is 0. The van der Waals surface area contributed by atoms with E-state index in [1.54, 1.807) is 4.90 Å². The van der Waals surface area contributed by atoms with Gasteiger partial charge in [0.25, 0.3) is 0 Å². The lowest BCUT2D eigenvalue weighted by Gasteiger charge is -2.42. The lowest BCUT2D eigenvalue weighted by molar-refractivity contribution is -0.150. The topological polar surface area (TPSA) is 40.6 Å². The van der Waals surface area contributed by atoms with Crippen molar-refractivity contribution in [3.05, 3.63) is 0 Å². The van der Waals surface area contributed by atoms with Crippen LogP contribution < -0.4 is 0 Å². The molecule has 4 heteroatoms. The van der Waals surface area contributed by atoms with Gasteiger partial charge in [-0.2, -0.15) is 0 Å². The minimum atomic E-state index is -0.149. The second-order valence-corrected chi connectivity index (χ2v) is 5.63. The van der Waals surface area contributed by atoms with Crippen LogP contribution in [0, 0.1) is 5.92 Å². The maximum absolute atomic E-state index is 11.9. The Morgan fingerprint density at radius 1 is 1.25 bits per heavy atom. The molecule has 0 aromatic heterocycles. The van der Waals surface area contributed by atoms with E-state index in [9.17, 15) is 9.59 Å². The molecule has 0 aromatic carbocycles. The average molecular weight is 226 g/mol. The molecular formula is C12H22N2O2. The zero-order valence-corrected chi connectivity index (χ0v) is 10.9. The average Bonchev–Trinajstić information content (AvgIpc) is 2.14. The van der Waals surface area contributed by atoms with Crippen LogP contribution in [0.25, 0.3) is 0 Å². The Bertz CT molecular complexity index is 292. The van der Waals surface area contributed by atoms with Crippen molar-refractivity contribution in [2.75, 3.05) is 19.6 Å². The number of piperazine rings is 1. The molecular weight excluding hydrogens is 204 g/mol. The summed E-state index contributed by atoms with van der Waals surface area (Å²) >= 11 is 0. The summed E-state index contributed by atoms with van der Waals surface area (Å²) in [5.74, 6) is 0.0867. The second kappa shape index (κ2) is 4.44.